The van der Waals surface area contributed by atoms with Crippen molar-refractivity contribution in [2.24, 2.45) is 5.92 Å². The lowest BCUT2D eigenvalue weighted by Crippen LogP contribution is -2.48. The second-order valence-corrected chi connectivity index (χ2v) is 4.74. The number of nitrogens with zero attached hydrogens (tertiary/aromatic N) is 1. The van der Waals surface area contributed by atoms with Gasteiger partial charge in [0.15, 0.2) is 0 Å². The van der Waals surface area contributed by atoms with E-state index in [0.29, 0.717) is 18.0 Å². The lowest BCUT2D eigenvalue weighted by atomic mass is 9.88. The first-order valence-electron chi connectivity index (χ1n) is 5.45. The standard InChI is InChI=1S/C11H19NO/c1-8-5-10(7-13)6-9(2)12(8)11-3-4-11/h7-11H,3-6H2,1-2H3. The van der Waals surface area contributed by atoms with Crippen LogP contribution in [0.1, 0.15) is 39.5 Å². The molecule has 1 saturated carbocycles. The van der Waals surface area contributed by atoms with E-state index in [0.717, 1.165) is 25.2 Å². The number of piperidine rings is 1. The van der Waals surface area contributed by atoms with Crippen molar-refractivity contribution in [1.29, 1.82) is 0 Å². The summed E-state index contributed by atoms with van der Waals surface area (Å²) in [7, 11) is 0. The Hall–Kier alpha value is -0.370. The lowest BCUT2D eigenvalue weighted by molar-refractivity contribution is -0.113. The van der Waals surface area contributed by atoms with Gasteiger partial charge < -0.3 is 4.79 Å². The third-order valence-electron chi connectivity index (χ3n) is 3.47. The van der Waals surface area contributed by atoms with Gasteiger partial charge in [-0.3, -0.25) is 4.90 Å². The molecule has 2 heteroatoms. The molecule has 0 N–H and O–H groups in total. The summed E-state index contributed by atoms with van der Waals surface area (Å²) >= 11 is 0. The molecule has 1 aliphatic carbocycles. The van der Waals surface area contributed by atoms with Crippen molar-refractivity contribution in [2.45, 2.75) is 57.7 Å². The molecule has 2 aliphatic rings. The van der Waals surface area contributed by atoms with Gasteiger partial charge in [0.25, 0.3) is 0 Å². The van der Waals surface area contributed by atoms with Gasteiger partial charge in [0.2, 0.25) is 0 Å². The van der Waals surface area contributed by atoms with E-state index in [1.54, 1.807) is 0 Å². The Kier molecular flexibility index (Phi) is 2.41. The second-order valence-electron chi connectivity index (χ2n) is 4.74. The van der Waals surface area contributed by atoms with Crippen LogP contribution < -0.4 is 0 Å². The van der Waals surface area contributed by atoms with E-state index in [1.165, 1.54) is 12.8 Å². The third kappa shape index (κ3) is 1.78. The summed E-state index contributed by atoms with van der Waals surface area (Å²) in [5.41, 5.74) is 0. The molecule has 1 heterocycles. The SMILES string of the molecule is CC1CC(C=O)CC(C)N1C1CC1. The molecule has 2 atom stereocenters. The lowest BCUT2D eigenvalue weighted by Gasteiger charge is -2.41. The highest BCUT2D eigenvalue weighted by molar-refractivity contribution is 5.53. The van der Waals surface area contributed by atoms with Crippen LogP contribution in [0.5, 0.6) is 0 Å². The summed E-state index contributed by atoms with van der Waals surface area (Å²) in [6, 6.07) is 2.08. The van der Waals surface area contributed by atoms with Gasteiger partial charge in [0.1, 0.15) is 6.29 Å². The minimum Gasteiger partial charge on any atom is -0.303 e. The maximum atomic E-state index is 10.7. The number of hydrogen-bond acceptors (Lipinski definition) is 2. The van der Waals surface area contributed by atoms with Gasteiger partial charge in [-0.05, 0) is 39.5 Å². The average molecular weight is 181 g/mol. The van der Waals surface area contributed by atoms with Crippen LogP contribution >= 0.6 is 0 Å². The fourth-order valence-corrected chi connectivity index (χ4v) is 2.85. The van der Waals surface area contributed by atoms with Crippen molar-refractivity contribution in [3.8, 4) is 0 Å². The predicted molar refractivity (Wildman–Crippen MR) is 52.6 cm³/mol. The molecule has 1 aliphatic heterocycles. The van der Waals surface area contributed by atoms with Crippen LogP contribution in [0.15, 0.2) is 0 Å². The summed E-state index contributed by atoms with van der Waals surface area (Å²) < 4.78 is 0. The van der Waals surface area contributed by atoms with Gasteiger partial charge in [-0.2, -0.15) is 0 Å². The number of rotatable bonds is 2. The van der Waals surface area contributed by atoms with Gasteiger partial charge in [-0.15, -0.1) is 0 Å². The number of aldehydes is 1. The van der Waals surface area contributed by atoms with E-state index in [1.807, 2.05) is 0 Å². The first-order chi connectivity index (χ1) is 6.22. The zero-order chi connectivity index (χ0) is 9.42. The zero-order valence-corrected chi connectivity index (χ0v) is 8.57. The quantitative estimate of drug-likeness (QED) is 0.606. The summed E-state index contributed by atoms with van der Waals surface area (Å²) in [6.45, 7) is 4.54. The molecule has 0 spiro atoms. The summed E-state index contributed by atoms with van der Waals surface area (Å²) in [4.78, 5) is 13.3. The highest BCUT2D eigenvalue weighted by atomic mass is 16.1. The summed E-state index contributed by atoms with van der Waals surface area (Å²) in [5.74, 6) is 0.319. The first-order valence-corrected chi connectivity index (χ1v) is 5.45. The van der Waals surface area contributed by atoms with Gasteiger partial charge >= 0.3 is 0 Å². The van der Waals surface area contributed by atoms with Crippen LogP contribution in [0.2, 0.25) is 0 Å². The fraction of sp³-hybridized carbons (Fsp3) is 0.909. The summed E-state index contributed by atoms with van der Waals surface area (Å²) in [6.07, 6.45) is 6.05. The topological polar surface area (TPSA) is 20.3 Å². The molecule has 0 bridgehead atoms. The summed E-state index contributed by atoms with van der Waals surface area (Å²) in [5, 5.41) is 0. The molecule has 2 fully saturated rings. The highest BCUT2D eigenvalue weighted by Crippen LogP contribution is 2.36. The molecule has 0 amide bonds. The van der Waals surface area contributed by atoms with Crippen LogP contribution in [0.25, 0.3) is 0 Å². The molecular weight excluding hydrogens is 162 g/mol. The van der Waals surface area contributed by atoms with E-state index >= 15 is 0 Å². The molecule has 0 aromatic heterocycles. The van der Waals surface area contributed by atoms with Crippen LogP contribution in [0.3, 0.4) is 0 Å². The third-order valence-corrected chi connectivity index (χ3v) is 3.47. The Morgan fingerprint density at radius 3 is 2.08 bits per heavy atom. The Bertz CT molecular complexity index is 188. The Morgan fingerprint density at radius 2 is 1.69 bits per heavy atom. The molecule has 0 radical (unpaired) electrons. The van der Waals surface area contributed by atoms with Crippen molar-refractivity contribution < 1.29 is 4.79 Å². The highest BCUT2D eigenvalue weighted by Gasteiger charge is 2.39. The molecule has 2 unspecified atom stereocenters. The van der Waals surface area contributed by atoms with Crippen LogP contribution in [-0.4, -0.2) is 29.3 Å². The van der Waals surface area contributed by atoms with Crippen LogP contribution in [0, 0.1) is 5.92 Å². The van der Waals surface area contributed by atoms with E-state index in [4.69, 9.17) is 0 Å². The van der Waals surface area contributed by atoms with Crippen LogP contribution in [-0.2, 0) is 4.79 Å². The number of carbonyl (C=O) groups is 1. The van der Waals surface area contributed by atoms with Crippen molar-refractivity contribution in [1.82, 2.24) is 4.90 Å². The molecule has 2 rings (SSSR count). The fourth-order valence-electron chi connectivity index (χ4n) is 2.85. The molecule has 13 heavy (non-hydrogen) atoms. The van der Waals surface area contributed by atoms with Gasteiger partial charge in [0.05, 0.1) is 0 Å². The smallest absolute Gasteiger partial charge is 0.123 e. The predicted octanol–water partition coefficient (Wildman–Crippen LogP) is 1.84. The Labute approximate surface area is 80.3 Å². The molecule has 2 nitrogen and oxygen atoms in total. The van der Waals surface area contributed by atoms with E-state index in [2.05, 4.69) is 18.7 Å². The Morgan fingerprint density at radius 1 is 1.15 bits per heavy atom. The van der Waals surface area contributed by atoms with Crippen molar-refractivity contribution in [3.63, 3.8) is 0 Å². The molecular formula is C11H19NO. The Balaban J connectivity index is 2.00. The number of likely N-dealkylation sites (tertiary alicyclic amines) is 1. The van der Waals surface area contributed by atoms with Crippen molar-refractivity contribution in [3.05, 3.63) is 0 Å². The molecule has 1 saturated heterocycles. The van der Waals surface area contributed by atoms with Gasteiger partial charge in [-0.1, -0.05) is 0 Å². The molecule has 74 valence electrons. The minimum atomic E-state index is 0.319. The number of hydrogen-bond donors (Lipinski definition) is 0. The molecule has 0 aromatic rings. The maximum absolute atomic E-state index is 10.7. The van der Waals surface area contributed by atoms with E-state index in [9.17, 15) is 4.79 Å². The van der Waals surface area contributed by atoms with Gasteiger partial charge in [-0.25, -0.2) is 0 Å². The normalized spacial score (nSPS) is 41.8. The van der Waals surface area contributed by atoms with Crippen molar-refractivity contribution >= 4 is 6.29 Å². The number of carbonyl (C=O) groups excluding carboxylic acids is 1. The average Bonchev–Trinajstić information content (AvgIpc) is 2.87. The largest absolute Gasteiger partial charge is 0.303 e. The second kappa shape index (κ2) is 3.41. The van der Waals surface area contributed by atoms with E-state index in [-0.39, 0.29) is 0 Å². The zero-order valence-electron chi connectivity index (χ0n) is 8.57. The van der Waals surface area contributed by atoms with E-state index < -0.39 is 0 Å². The minimum absolute atomic E-state index is 0.319. The maximum Gasteiger partial charge on any atom is 0.123 e. The van der Waals surface area contributed by atoms with Crippen LogP contribution in [0.4, 0.5) is 0 Å². The molecule has 0 aromatic carbocycles. The first kappa shape index (κ1) is 9.20. The monoisotopic (exact) mass is 181 g/mol. The van der Waals surface area contributed by atoms with Crippen molar-refractivity contribution in [2.75, 3.05) is 0 Å². The van der Waals surface area contributed by atoms with Gasteiger partial charge in [0, 0.05) is 24.0 Å².